The summed E-state index contributed by atoms with van der Waals surface area (Å²) >= 11 is 0. The molecule has 1 aliphatic rings. The lowest BCUT2D eigenvalue weighted by atomic mass is 10.0. The first-order chi connectivity index (χ1) is 8.58. The van der Waals surface area contributed by atoms with Crippen LogP contribution in [0.3, 0.4) is 0 Å². The van der Waals surface area contributed by atoms with Crippen LogP contribution in [0.25, 0.3) is 0 Å². The quantitative estimate of drug-likeness (QED) is 0.503. The Bertz CT molecular complexity index is 462. The maximum atomic E-state index is 10.8. The highest BCUT2D eigenvalue weighted by Crippen LogP contribution is 2.31. The number of nitrogens with zero attached hydrogens (tertiary/aromatic N) is 3. The van der Waals surface area contributed by atoms with Crippen molar-refractivity contribution in [3.05, 3.63) is 12.2 Å². The van der Waals surface area contributed by atoms with Crippen LogP contribution in [0.1, 0.15) is 16.8 Å². The molecular weight excluding hydrogens is 244 g/mol. The van der Waals surface area contributed by atoms with Crippen molar-refractivity contribution in [1.82, 2.24) is 14.8 Å². The summed E-state index contributed by atoms with van der Waals surface area (Å²) in [6.07, 6.45) is -1.31. The second kappa shape index (κ2) is 4.80. The molecule has 9 nitrogen and oxygen atoms in total. The monoisotopic (exact) mass is 256 g/mol. The molecule has 0 radical (unpaired) electrons. The topological polar surface area (TPSA) is 141 Å². The molecular formula is C9H12N4O5. The van der Waals surface area contributed by atoms with Gasteiger partial charge in [-0.15, -0.1) is 5.10 Å². The Morgan fingerprint density at radius 1 is 1.67 bits per heavy atom. The van der Waals surface area contributed by atoms with Gasteiger partial charge in [-0.05, 0) is 0 Å². The van der Waals surface area contributed by atoms with Gasteiger partial charge >= 0.3 is 0 Å². The van der Waals surface area contributed by atoms with Crippen LogP contribution in [0.15, 0.2) is 6.33 Å². The lowest BCUT2D eigenvalue weighted by Gasteiger charge is -2.13. The van der Waals surface area contributed by atoms with Crippen molar-refractivity contribution < 1.29 is 24.5 Å². The van der Waals surface area contributed by atoms with E-state index in [-0.39, 0.29) is 5.82 Å². The maximum Gasteiger partial charge on any atom is 0.288 e. The summed E-state index contributed by atoms with van der Waals surface area (Å²) in [6, 6.07) is 0. The normalized spacial score (nSPS) is 31.4. The number of hydrogen-bond donors (Lipinski definition) is 3. The van der Waals surface area contributed by atoms with E-state index in [1.54, 1.807) is 0 Å². The van der Waals surface area contributed by atoms with Gasteiger partial charge in [0, 0.05) is 0 Å². The van der Waals surface area contributed by atoms with Crippen molar-refractivity contribution in [2.75, 3.05) is 6.61 Å². The molecule has 1 saturated heterocycles. The number of amides is 1. The van der Waals surface area contributed by atoms with Crippen LogP contribution >= 0.6 is 0 Å². The van der Waals surface area contributed by atoms with Gasteiger partial charge < -0.3 is 25.5 Å². The number of aliphatic hydroxyl groups excluding tert-OH is 2. The SMILES string of the molecule is NC(=O)c1ncn([C@@H]2O[C@H](CO)[C@@H](C=O)[C@H]2O)n1. The van der Waals surface area contributed by atoms with Gasteiger partial charge in [-0.1, -0.05) is 0 Å². The molecule has 98 valence electrons. The molecule has 18 heavy (non-hydrogen) atoms. The third kappa shape index (κ3) is 1.98. The van der Waals surface area contributed by atoms with Gasteiger partial charge in [-0.25, -0.2) is 9.67 Å². The zero-order valence-electron chi connectivity index (χ0n) is 9.21. The van der Waals surface area contributed by atoms with Gasteiger partial charge in [0.15, 0.2) is 6.23 Å². The minimum absolute atomic E-state index is 0.221. The van der Waals surface area contributed by atoms with Gasteiger partial charge in [0.2, 0.25) is 5.82 Å². The predicted octanol–water partition coefficient (Wildman–Crippen LogP) is -2.56. The van der Waals surface area contributed by atoms with Crippen molar-refractivity contribution >= 4 is 12.2 Å². The van der Waals surface area contributed by atoms with Crippen LogP contribution in [-0.2, 0) is 9.53 Å². The number of rotatable bonds is 4. The van der Waals surface area contributed by atoms with Gasteiger partial charge in [0.1, 0.15) is 18.7 Å². The van der Waals surface area contributed by atoms with E-state index in [0.717, 1.165) is 11.0 Å². The smallest absolute Gasteiger partial charge is 0.288 e. The second-order valence-electron chi connectivity index (χ2n) is 3.86. The third-order valence-corrected chi connectivity index (χ3v) is 2.76. The summed E-state index contributed by atoms with van der Waals surface area (Å²) in [7, 11) is 0. The summed E-state index contributed by atoms with van der Waals surface area (Å²) < 4.78 is 6.38. The Kier molecular flexibility index (Phi) is 3.36. The third-order valence-electron chi connectivity index (χ3n) is 2.76. The Labute approximate surface area is 101 Å². The van der Waals surface area contributed by atoms with Crippen molar-refractivity contribution in [3.63, 3.8) is 0 Å². The first-order valence-electron chi connectivity index (χ1n) is 5.19. The first kappa shape index (κ1) is 12.6. The number of carbonyl (C=O) groups is 2. The summed E-state index contributed by atoms with van der Waals surface area (Å²) in [5.41, 5.74) is 4.99. The molecule has 9 heteroatoms. The van der Waals surface area contributed by atoms with Crippen LogP contribution in [0.2, 0.25) is 0 Å². The zero-order chi connectivity index (χ0) is 13.3. The molecule has 1 aromatic rings. The van der Waals surface area contributed by atoms with E-state index in [0.29, 0.717) is 6.29 Å². The molecule has 4 N–H and O–H groups in total. The van der Waals surface area contributed by atoms with Crippen LogP contribution in [-0.4, -0.2) is 56.0 Å². The van der Waals surface area contributed by atoms with Crippen LogP contribution in [0.5, 0.6) is 0 Å². The molecule has 0 aromatic carbocycles. The Morgan fingerprint density at radius 2 is 2.39 bits per heavy atom. The average Bonchev–Trinajstić information content (AvgIpc) is 2.93. The van der Waals surface area contributed by atoms with Gasteiger partial charge in [0.05, 0.1) is 18.6 Å². The van der Waals surface area contributed by atoms with Gasteiger partial charge in [0.25, 0.3) is 5.91 Å². The first-order valence-corrected chi connectivity index (χ1v) is 5.19. The average molecular weight is 256 g/mol. The highest BCUT2D eigenvalue weighted by atomic mass is 16.5. The van der Waals surface area contributed by atoms with Crippen LogP contribution in [0.4, 0.5) is 0 Å². The molecule has 4 atom stereocenters. The Hall–Kier alpha value is -1.84. The van der Waals surface area contributed by atoms with E-state index in [2.05, 4.69) is 10.1 Å². The van der Waals surface area contributed by atoms with Crippen molar-refractivity contribution in [2.45, 2.75) is 18.4 Å². The standard InChI is InChI=1S/C9H12N4O5/c10-7(17)8-11-3-13(12-8)9-6(16)4(1-14)5(2-15)18-9/h1,3-6,9,15-16H,2H2,(H2,10,17)/t4-,5-,6-,9-/m1/s1. The van der Waals surface area contributed by atoms with Crippen LogP contribution < -0.4 is 5.73 Å². The Morgan fingerprint density at radius 3 is 2.83 bits per heavy atom. The molecule has 2 heterocycles. The summed E-state index contributed by atoms with van der Waals surface area (Å²) in [5.74, 6) is -1.89. The summed E-state index contributed by atoms with van der Waals surface area (Å²) in [4.78, 5) is 25.3. The maximum absolute atomic E-state index is 10.8. The zero-order valence-corrected chi connectivity index (χ0v) is 9.21. The lowest BCUT2D eigenvalue weighted by Crippen LogP contribution is -2.29. The number of primary amides is 1. The van der Waals surface area contributed by atoms with E-state index >= 15 is 0 Å². The van der Waals surface area contributed by atoms with Crippen molar-refractivity contribution in [3.8, 4) is 0 Å². The van der Waals surface area contributed by atoms with E-state index < -0.39 is 36.9 Å². The fraction of sp³-hybridized carbons (Fsp3) is 0.556. The fourth-order valence-electron chi connectivity index (χ4n) is 1.82. The summed E-state index contributed by atoms with van der Waals surface area (Å²) in [5, 5.41) is 22.6. The number of aldehydes is 1. The lowest BCUT2D eigenvalue weighted by molar-refractivity contribution is -0.115. The molecule has 2 rings (SSSR count). The molecule has 0 aliphatic carbocycles. The van der Waals surface area contributed by atoms with Crippen molar-refractivity contribution in [1.29, 1.82) is 0 Å². The van der Waals surface area contributed by atoms with Crippen LogP contribution in [0, 0.1) is 5.92 Å². The molecule has 1 aliphatic heterocycles. The van der Waals surface area contributed by atoms with E-state index in [9.17, 15) is 14.7 Å². The van der Waals surface area contributed by atoms with Gasteiger partial charge in [-0.2, -0.15) is 0 Å². The molecule has 0 unspecified atom stereocenters. The molecule has 0 saturated carbocycles. The van der Waals surface area contributed by atoms with E-state index in [1.807, 2.05) is 0 Å². The van der Waals surface area contributed by atoms with Crippen molar-refractivity contribution in [2.24, 2.45) is 11.7 Å². The molecule has 1 aromatic heterocycles. The van der Waals surface area contributed by atoms with Gasteiger partial charge in [-0.3, -0.25) is 4.79 Å². The fourth-order valence-corrected chi connectivity index (χ4v) is 1.82. The second-order valence-corrected chi connectivity index (χ2v) is 3.86. The number of aliphatic hydroxyl groups is 2. The van der Waals surface area contributed by atoms with E-state index in [4.69, 9.17) is 15.6 Å². The molecule has 1 amide bonds. The number of carbonyl (C=O) groups excluding carboxylic acids is 2. The predicted molar refractivity (Wildman–Crippen MR) is 55.1 cm³/mol. The minimum atomic E-state index is -1.18. The highest BCUT2D eigenvalue weighted by molar-refractivity contribution is 5.88. The van der Waals surface area contributed by atoms with E-state index in [1.165, 1.54) is 0 Å². The number of hydrogen-bond acceptors (Lipinski definition) is 7. The molecule has 1 fully saturated rings. The highest BCUT2D eigenvalue weighted by Gasteiger charge is 2.44. The minimum Gasteiger partial charge on any atom is -0.394 e. The Balaban J connectivity index is 2.23. The number of aromatic nitrogens is 3. The molecule has 0 spiro atoms. The largest absolute Gasteiger partial charge is 0.394 e. The molecule has 0 bridgehead atoms. The summed E-state index contributed by atoms with van der Waals surface area (Å²) in [6.45, 7) is -0.408. The number of nitrogens with two attached hydrogens (primary N) is 1. The number of ether oxygens (including phenoxy) is 1.